The van der Waals surface area contributed by atoms with Crippen LogP contribution in [0.25, 0.3) is 0 Å². The number of benzene rings is 1. The van der Waals surface area contributed by atoms with Crippen LogP contribution in [0, 0.1) is 15.7 Å². The van der Waals surface area contributed by atoms with E-state index in [-0.39, 0.29) is 10.9 Å². The standard InChI is InChI=1S/C19H21IN2O3S/c1-3-25-12-6-11-21-19-15-7-4-5-8-17(15)22(2)26(23,24)18-13-14(20)9-10-16(18)19/h4-5,7-8,13,19,21H,3,6,11-12H2,1-2H3. The predicted octanol–water partition coefficient (Wildman–Crippen LogP) is 3.14. The first-order valence-corrected chi connectivity index (χ1v) is 11.0. The van der Waals surface area contributed by atoms with Crippen LogP contribution in [0.4, 0.5) is 5.69 Å². The molecule has 1 heterocycles. The second kappa shape index (κ2) is 8.13. The number of ether oxygens (including phenoxy) is 1. The van der Waals surface area contributed by atoms with Gasteiger partial charge in [-0.2, -0.15) is 0 Å². The van der Waals surface area contributed by atoms with Crippen LogP contribution in [-0.4, -0.2) is 35.2 Å². The van der Waals surface area contributed by atoms with Crippen LogP contribution in [0.2, 0.25) is 0 Å². The number of halogens is 1. The number of anilines is 1. The predicted molar refractivity (Wildman–Crippen MR) is 110 cm³/mol. The van der Waals surface area contributed by atoms with Crippen molar-refractivity contribution in [3.8, 4) is 0 Å². The maximum Gasteiger partial charge on any atom is 0.265 e. The summed E-state index contributed by atoms with van der Waals surface area (Å²) >= 11 is 2.07. The molecule has 0 saturated heterocycles. The van der Waals surface area contributed by atoms with Crippen LogP contribution in [0.5, 0.6) is 0 Å². The number of nitrogens with one attached hydrogen (secondary N) is 1. The number of para-hydroxylation sites is 1. The van der Waals surface area contributed by atoms with E-state index in [1.54, 1.807) is 13.1 Å². The van der Waals surface area contributed by atoms with Crippen molar-refractivity contribution in [1.82, 2.24) is 5.32 Å². The Kier molecular flexibility index (Phi) is 6.07. The van der Waals surface area contributed by atoms with Crippen molar-refractivity contribution >= 4 is 38.3 Å². The van der Waals surface area contributed by atoms with Gasteiger partial charge in [0.05, 0.1) is 15.3 Å². The summed E-state index contributed by atoms with van der Waals surface area (Å²) in [7, 11) is -2.06. The molecule has 0 aromatic heterocycles. The summed E-state index contributed by atoms with van der Waals surface area (Å²) in [6.07, 6.45) is 0.846. The van der Waals surface area contributed by atoms with Gasteiger partial charge in [-0.1, -0.05) is 30.3 Å². The highest BCUT2D eigenvalue weighted by molar-refractivity contribution is 14.1. The lowest BCUT2D eigenvalue weighted by Gasteiger charge is -2.21. The second-order valence-corrected chi connectivity index (χ2v) is 9.09. The highest BCUT2D eigenvalue weighted by Crippen LogP contribution is 2.39. The minimum atomic E-state index is -3.65. The minimum absolute atomic E-state index is 0.268. The average Bonchev–Trinajstić information content (AvgIpc) is 2.70. The molecule has 2 aromatic rings. The monoisotopic (exact) mass is 484 g/mol. The molecular weight excluding hydrogens is 463 g/mol. The zero-order chi connectivity index (χ0) is 18.7. The lowest BCUT2D eigenvalue weighted by molar-refractivity contribution is 0.144. The van der Waals surface area contributed by atoms with Gasteiger partial charge in [0.1, 0.15) is 4.90 Å². The van der Waals surface area contributed by atoms with Crippen LogP contribution < -0.4 is 9.62 Å². The molecule has 1 aliphatic rings. The van der Waals surface area contributed by atoms with Gasteiger partial charge < -0.3 is 10.1 Å². The van der Waals surface area contributed by atoms with E-state index in [0.717, 1.165) is 15.6 Å². The van der Waals surface area contributed by atoms with Crippen molar-refractivity contribution in [1.29, 1.82) is 0 Å². The quantitative estimate of drug-likeness (QED) is 0.506. The van der Waals surface area contributed by atoms with Gasteiger partial charge in [-0.15, -0.1) is 0 Å². The summed E-state index contributed by atoms with van der Waals surface area (Å²) in [6, 6.07) is 15.1. The Balaban J connectivity index is 2.07. The Morgan fingerprint density at radius 1 is 1.31 bits per heavy atom. The Bertz CT molecular complexity index is 886. The summed E-state index contributed by atoms with van der Waals surface area (Å²) in [4.78, 5) is 0.279. The number of rotatable bonds is 6. The van der Waals surface area contributed by atoms with Gasteiger partial charge in [0, 0.05) is 25.8 Å². The average molecular weight is 484 g/mol. The van der Waals surface area contributed by atoms with E-state index in [0.29, 0.717) is 31.0 Å². The molecule has 0 bridgehead atoms. The fourth-order valence-electron chi connectivity index (χ4n) is 3.07. The van der Waals surface area contributed by atoms with Crippen LogP contribution in [0.15, 0.2) is 35.2 Å². The lowest BCUT2D eigenvalue weighted by atomic mass is 9.98. The summed E-state index contributed by atoms with van der Waals surface area (Å²) in [5, 5.41) is 3.49. The Morgan fingerprint density at radius 2 is 2.08 bits per heavy atom. The molecule has 0 saturated carbocycles. The molecule has 1 unspecified atom stereocenters. The summed E-state index contributed by atoms with van der Waals surface area (Å²) in [5.74, 6) is 0. The topological polar surface area (TPSA) is 58.6 Å². The summed E-state index contributed by atoms with van der Waals surface area (Å²) < 4.78 is 33.8. The van der Waals surface area contributed by atoms with Crippen molar-refractivity contribution < 1.29 is 13.2 Å². The van der Waals surface area contributed by atoms with Crippen molar-refractivity contribution in [2.24, 2.45) is 0 Å². The van der Waals surface area contributed by atoms with E-state index in [1.165, 1.54) is 4.31 Å². The molecule has 0 radical (unpaired) electrons. The lowest BCUT2D eigenvalue weighted by Crippen LogP contribution is -2.26. The zero-order valence-electron chi connectivity index (χ0n) is 14.8. The molecule has 7 heteroatoms. The second-order valence-electron chi connectivity index (χ2n) is 5.99. The number of hydrogen-bond donors (Lipinski definition) is 1. The Hall–Kier alpha value is -1.34. The number of fused-ring (bicyclic) bond motifs is 2. The first-order chi connectivity index (χ1) is 12.5. The van der Waals surface area contributed by atoms with Crippen molar-refractivity contribution in [3.05, 3.63) is 57.2 Å². The van der Waals surface area contributed by atoms with Gasteiger partial charge in [0.2, 0.25) is 0 Å². The van der Waals surface area contributed by atoms with E-state index in [1.807, 2.05) is 31.2 Å². The molecule has 3 rings (SSSR count). The van der Waals surface area contributed by atoms with Crippen LogP contribution in [0.3, 0.4) is 0 Å². The Morgan fingerprint density at radius 3 is 2.85 bits per heavy atom. The van der Waals surface area contributed by atoms with Crippen molar-refractivity contribution in [2.45, 2.75) is 24.3 Å². The van der Waals surface area contributed by atoms with E-state index in [9.17, 15) is 8.42 Å². The highest BCUT2D eigenvalue weighted by Gasteiger charge is 2.35. The third-order valence-electron chi connectivity index (χ3n) is 4.37. The number of sulfonamides is 1. The molecule has 26 heavy (non-hydrogen) atoms. The Labute approximate surface area is 168 Å². The van der Waals surface area contributed by atoms with Gasteiger partial charge in [-0.05, 0) is 60.2 Å². The van der Waals surface area contributed by atoms with E-state index in [2.05, 4.69) is 40.0 Å². The number of hydrogen-bond acceptors (Lipinski definition) is 4. The molecule has 1 aliphatic heterocycles. The zero-order valence-corrected chi connectivity index (χ0v) is 17.7. The van der Waals surface area contributed by atoms with E-state index < -0.39 is 10.0 Å². The van der Waals surface area contributed by atoms with Crippen LogP contribution in [-0.2, 0) is 14.8 Å². The molecular formula is C19H21IN2O3S. The third kappa shape index (κ3) is 3.69. The first-order valence-electron chi connectivity index (χ1n) is 8.49. The highest BCUT2D eigenvalue weighted by atomic mass is 127. The maximum atomic E-state index is 13.1. The SMILES string of the molecule is CCOCCCNC1c2c#cc(I)cc2S(=O)(=O)N(C)c2ccccc21. The molecule has 0 spiro atoms. The molecule has 0 fully saturated rings. The third-order valence-corrected chi connectivity index (χ3v) is 6.76. The molecule has 1 atom stereocenters. The number of nitrogens with zero attached hydrogens (tertiary/aromatic N) is 1. The molecule has 2 aromatic carbocycles. The summed E-state index contributed by atoms with van der Waals surface area (Å²) in [6.45, 7) is 4.05. The van der Waals surface area contributed by atoms with Crippen molar-refractivity contribution in [2.75, 3.05) is 31.1 Å². The van der Waals surface area contributed by atoms with Crippen LogP contribution in [0.1, 0.15) is 30.5 Å². The van der Waals surface area contributed by atoms with Crippen molar-refractivity contribution in [3.63, 3.8) is 0 Å². The van der Waals surface area contributed by atoms with Gasteiger partial charge in [-0.3, -0.25) is 4.31 Å². The fourth-order valence-corrected chi connectivity index (χ4v) is 5.16. The normalized spacial score (nSPS) is 17.8. The molecule has 138 valence electrons. The molecule has 0 aliphatic carbocycles. The summed E-state index contributed by atoms with van der Waals surface area (Å²) in [5.41, 5.74) is 2.20. The first kappa shape index (κ1) is 19.4. The smallest absolute Gasteiger partial charge is 0.265 e. The molecule has 0 amide bonds. The van der Waals surface area contributed by atoms with Gasteiger partial charge >= 0.3 is 0 Å². The van der Waals surface area contributed by atoms with Gasteiger partial charge in [-0.25, -0.2) is 8.42 Å². The van der Waals surface area contributed by atoms with E-state index >= 15 is 0 Å². The van der Waals surface area contributed by atoms with Crippen LogP contribution >= 0.6 is 22.6 Å². The molecule has 5 nitrogen and oxygen atoms in total. The van der Waals surface area contributed by atoms with E-state index in [4.69, 9.17) is 4.74 Å². The van der Waals surface area contributed by atoms with Gasteiger partial charge in [0.25, 0.3) is 10.0 Å². The largest absolute Gasteiger partial charge is 0.382 e. The maximum absolute atomic E-state index is 13.1. The van der Waals surface area contributed by atoms with Gasteiger partial charge in [0.15, 0.2) is 0 Å². The molecule has 1 N–H and O–H groups in total. The fraction of sp³-hybridized carbons (Fsp3) is 0.368. The minimum Gasteiger partial charge on any atom is -0.382 e.